The molecule has 0 N–H and O–H groups in total. The summed E-state index contributed by atoms with van der Waals surface area (Å²) >= 11 is 0. The quantitative estimate of drug-likeness (QED) is 0.167. The maximum atomic E-state index is 5.23. The molecule has 0 amide bonds. The topological polar surface area (TPSA) is 25.8 Å². The molecule has 1 heterocycles. The zero-order chi connectivity index (χ0) is 43.3. The smallest absolute Gasteiger partial charge is 0.160 e. The third-order valence-corrected chi connectivity index (χ3v) is 16.3. The van der Waals surface area contributed by atoms with E-state index in [4.69, 9.17) is 9.97 Å². The molecule has 4 fully saturated rings. The number of rotatable bonds is 6. The van der Waals surface area contributed by atoms with Gasteiger partial charge in [0.2, 0.25) is 0 Å². The minimum atomic E-state index is 0.0791. The zero-order valence-electron chi connectivity index (χ0n) is 36.9. The Hall–Kier alpha value is -7.42. The Morgan fingerprint density at radius 2 is 0.864 bits per heavy atom. The van der Waals surface area contributed by atoms with E-state index in [1.807, 2.05) is 6.07 Å². The van der Waals surface area contributed by atoms with E-state index in [1.54, 1.807) is 11.1 Å². The monoisotopic (exact) mass is 844 g/mol. The molecule has 15 rings (SSSR count). The zero-order valence-corrected chi connectivity index (χ0v) is 36.9. The van der Waals surface area contributed by atoms with Gasteiger partial charge < -0.3 is 0 Å². The molecule has 2 nitrogen and oxygen atoms in total. The average molecular weight is 845 g/mol. The Bertz CT molecular complexity index is 3490. The van der Waals surface area contributed by atoms with Gasteiger partial charge in [-0.3, -0.25) is 0 Å². The van der Waals surface area contributed by atoms with Crippen LogP contribution in [0.5, 0.6) is 0 Å². The molecule has 4 saturated carbocycles. The van der Waals surface area contributed by atoms with Crippen LogP contribution in [-0.4, -0.2) is 9.97 Å². The van der Waals surface area contributed by atoms with E-state index in [0.717, 1.165) is 45.7 Å². The van der Waals surface area contributed by atoms with E-state index in [2.05, 4.69) is 200 Å². The minimum Gasteiger partial charge on any atom is -0.228 e. The number of nitrogens with zero attached hydrogens (tertiary/aromatic N) is 2. The van der Waals surface area contributed by atoms with Crippen molar-refractivity contribution >= 4 is 21.5 Å². The third-order valence-electron chi connectivity index (χ3n) is 16.3. The highest BCUT2D eigenvalue weighted by Crippen LogP contribution is 2.70. The Morgan fingerprint density at radius 3 is 1.53 bits per heavy atom. The fraction of sp³-hybridized carbons (Fsp3) is 0.156. The first-order valence-corrected chi connectivity index (χ1v) is 24.1. The second-order valence-electron chi connectivity index (χ2n) is 19.7. The highest BCUT2D eigenvalue weighted by molar-refractivity contribution is 6.08. The van der Waals surface area contributed by atoms with E-state index in [1.165, 1.54) is 98.2 Å². The van der Waals surface area contributed by atoms with E-state index < -0.39 is 0 Å². The maximum Gasteiger partial charge on any atom is 0.160 e. The number of aromatic nitrogens is 2. The molecule has 0 aliphatic heterocycles. The Kier molecular flexibility index (Phi) is 8.50. The molecule has 9 aromatic carbocycles. The molecule has 0 radical (unpaired) electrons. The molecule has 2 heteroatoms. The van der Waals surface area contributed by atoms with Crippen molar-refractivity contribution in [3.8, 4) is 78.4 Å². The number of fused-ring (bicyclic) bond motifs is 5. The predicted molar refractivity (Wildman–Crippen MR) is 273 cm³/mol. The molecule has 314 valence electrons. The van der Waals surface area contributed by atoms with Crippen LogP contribution in [0.2, 0.25) is 0 Å². The van der Waals surface area contributed by atoms with Crippen molar-refractivity contribution in [2.75, 3.05) is 0 Å². The van der Waals surface area contributed by atoms with Crippen LogP contribution in [0, 0.1) is 23.7 Å². The van der Waals surface area contributed by atoms with Crippen LogP contribution in [0.4, 0.5) is 0 Å². The SMILES string of the molecule is c1ccc(-c2ccc(-c3cc(-c4ccc(-c5c(-c6cccc7c6-c6cc8ccccc8cc6C76C7CC8CC(C7)CC6C8)ccc6ccccc56)cc4)nc(-c4ccccc4)n3)cc2)cc1. The predicted octanol–water partition coefficient (Wildman–Crippen LogP) is 16.5. The maximum absolute atomic E-state index is 5.23. The summed E-state index contributed by atoms with van der Waals surface area (Å²) in [6, 6.07) is 76.3. The number of hydrogen-bond acceptors (Lipinski definition) is 2. The van der Waals surface area contributed by atoms with Gasteiger partial charge in [-0.05, 0) is 151 Å². The second kappa shape index (κ2) is 14.8. The standard InChI is InChI=1S/C64H48N2/c1-3-12-42(13-4-1)43-22-24-45(25-23-43)59-39-60(66-63(65-59)48-15-5-2-6-16-48)46-26-28-47(29-27-46)61-53-19-10-9-14-44(53)30-31-55(61)54-20-11-21-57-62(54)56-37-49-17-7-8-18-50(49)38-58(56)64(57)51-33-40-32-41(35-51)36-52(64)34-40/h1-31,37-41,51-52H,32-36H2. The van der Waals surface area contributed by atoms with Crippen LogP contribution in [-0.2, 0) is 5.41 Å². The molecule has 5 aliphatic rings. The summed E-state index contributed by atoms with van der Waals surface area (Å²) in [4.78, 5) is 10.4. The van der Waals surface area contributed by atoms with E-state index in [-0.39, 0.29) is 5.41 Å². The van der Waals surface area contributed by atoms with Gasteiger partial charge in [-0.25, -0.2) is 9.97 Å². The van der Waals surface area contributed by atoms with Gasteiger partial charge in [0.05, 0.1) is 11.4 Å². The molecule has 0 saturated heterocycles. The van der Waals surface area contributed by atoms with Gasteiger partial charge in [0.15, 0.2) is 5.82 Å². The minimum absolute atomic E-state index is 0.0791. The summed E-state index contributed by atoms with van der Waals surface area (Å²) < 4.78 is 0. The largest absolute Gasteiger partial charge is 0.228 e. The molecular formula is C64H48N2. The molecule has 5 aliphatic carbocycles. The fourth-order valence-corrected chi connectivity index (χ4v) is 13.7. The highest BCUT2D eigenvalue weighted by Gasteiger charge is 2.61. The lowest BCUT2D eigenvalue weighted by atomic mass is 9.43. The second-order valence-corrected chi connectivity index (χ2v) is 19.7. The van der Waals surface area contributed by atoms with Crippen LogP contribution in [0.25, 0.3) is 100.0 Å². The lowest BCUT2D eigenvalue weighted by Gasteiger charge is -2.61. The highest BCUT2D eigenvalue weighted by atomic mass is 14.9. The Balaban J connectivity index is 0.921. The van der Waals surface area contributed by atoms with Crippen molar-refractivity contribution in [2.24, 2.45) is 23.7 Å². The molecule has 0 unspecified atom stereocenters. The fourth-order valence-electron chi connectivity index (χ4n) is 13.7. The van der Waals surface area contributed by atoms with Gasteiger partial charge in [-0.1, -0.05) is 188 Å². The molecule has 66 heavy (non-hydrogen) atoms. The summed E-state index contributed by atoms with van der Waals surface area (Å²) in [7, 11) is 0. The van der Waals surface area contributed by atoms with E-state index in [9.17, 15) is 0 Å². The summed E-state index contributed by atoms with van der Waals surface area (Å²) in [6.07, 6.45) is 6.94. The molecule has 10 aromatic rings. The van der Waals surface area contributed by atoms with Crippen LogP contribution < -0.4 is 0 Å². The summed E-state index contributed by atoms with van der Waals surface area (Å²) in [5.41, 5.74) is 18.7. The Labute approximate surface area is 386 Å². The molecular weight excluding hydrogens is 797 g/mol. The normalized spacial score (nSPS) is 21.1. The van der Waals surface area contributed by atoms with E-state index >= 15 is 0 Å². The van der Waals surface area contributed by atoms with Crippen LogP contribution in [0.3, 0.4) is 0 Å². The summed E-state index contributed by atoms with van der Waals surface area (Å²) in [6.45, 7) is 0. The van der Waals surface area contributed by atoms with Crippen LogP contribution >= 0.6 is 0 Å². The first kappa shape index (κ1) is 37.9. The van der Waals surface area contributed by atoms with Crippen molar-refractivity contribution in [3.05, 3.63) is 217 Å². The van der Waals surface area contributed by atoms with Gasteiger partial charge in [-0.2, -0.15) is 0 Å². The third kappa shape index (κ3) is 5.80. The van der Waals surface area contributed by atoms with E-state index in [0.29, 0.717) is 11.8 Å². The first-order chi connectivity index (χ1) is 32.7. The van der Waals surface area contributed by atoms with Crippen molar-refractivity contribution < 1.29 is 0 Å². The van der Waals surface area contributed by atoms with Crippen molar-refractivity contribution in [2.45, 2.75) is 37.5 Å². The van der Waals surface area contributed by atoms with Gasteiger partial charge in [-0.15, -0.1) is 0 Å². The molecule has 1 aromatic heterocycles. The number of hydrogen-bond donors (Lipinski definition) is 0. The Morgan fingerprint density at radius 1 is 0.333 bits per heavy atom. The van der Waals surface area contributed by atoms with Crippen LogP contribution in [0.1, 0.15) is 43.2 Å². The van der Waals surface area contributed by atoms with Crippen molar-refractivity contribution in [1.29, 1.82) is 0 Å². The van der Waals surface area contributed by atoms with Crippen molar-refractivity contribution in [3.63, 3.8) is 0 Å². The van der Waals surface area contributed by atoms with Gasteiger partial charge >= 0.3 is 0 Å². The van der Waals surface area contributed by atoms with Crippen molar-refractivity contribution in [1.82, 2.24) is 9.97 Å². The summed E-state index contributed by atoms with van der Waals surface area (Å²) in [5.74, 6) is 3.92. The van der Waals surface area contributed by atoms with Gasteiger partial charge in [0.1, 0.15) is 0 Å². The van der Waals surface area contributed by atoms with Crippen LogP contribution in [0.15, 0.2) is 206 Å². The van der Waals surface area contributed by atoms with Gasteiger partial charge in [0.25, 0.3) is 0 Å². The number of benzene rings is 9. The average Bonchev–Trinajstić information content (AvgIpc) is 3.66. The van der Waals surface area contributed by atoms with Gasteiger partial charge in [0, 0.05) is 22.1 Å². The molecule has 4 bridgehead atoms. The molecule has 0 atom stereocenters. The first-order valence-electron chi connectivity index (χ1n) is 24.1. The molecule has 1 spiro atoms. The lowest BCUT2D eigenvalue weighted by molar-refractivity contribution is -0.0398. The summed E-state index contributed by atoms with van der Waals surface area (Å²) in [5, 5.41) is 5.23. The lowest BCUT2D eigenvalue weighted by Crippen LogP contribution is -2.55.